The summed E-state index contributed by atoms with van der Waals surface area (Å²) in [4.78, 5) is 26.7. The summed E-state index contributed by atoms with van der Waals surface area (Å²) in [6.07, 6.45) is 3.52. The van der Waals surface area contributed by atoms with E-state index in [1.807, 2.05) is 0 Å². The predicted molar refractivity (Wildman–Crippen MR) is 157 cm³/mol. The molecule has 0 atom stereocenters. The topological polar surface area (TPSA) is 45.8 Å². The number of piperidine rings is 1. The van der Waals surface area contributed by atoms with Gasteiger partial charge in [0.05, 0.1) is 0 Å². The van der Waals surface area contributed by atoms with Crippen molar-refractivity contribution in [1.82, 2.24) is 24.6 Å². The lowest BCUT2D eigenvalue weighted by Gasteiger charge is -2.35. The molecule has 0 saturated carbocycles. The zero-order valence-corrected chi connectivity index (χ0v) is 23.8. The Bertz CT molecular complexity index is 1210. The van der Waals surface area contributed by atoms with E-state index in [9.17, 15) is 4.79 Å². The summed E-state index contributed by atoms with van der Waals surface area (Å²) in [5.41, 5.74) is 7.43. The van der Waals surface area contributed by atoms with E-state index >= 15 is 0 Å². The van der Waals surface area contributed by atoms with E-state index in [1.165, 1.54) is 41.3 Å². The molecule has 0 spiro atoms. The highest BCUT2D eigenvalue weighted by Crippen LogP contribution is 2.34. The Morgan fingerprint density at radius 3 is 2.26 bits per heavy atom. The fraction of sp³-hybridized carbons (Fsp3) is 0.531. The van der Waals surface area contributed by atoms with Gasteiger partial charge in [0.1, 0.15) is 5.69 Å². The van der Waals surface area contributed by atoms with Gasteiger partial charge in [0, 0.05) is 49.2 Å². The fourth-order valence-electron chi connectivity index (χ4n) is 6.56. The second-order valence-electron chi connectivity index (χ2n) is 11.7. The van der Waals surface area contributed by atoms with Crippen molar-refractivity contribution in [2.45, 2.75) is 45.6 Å². The zero-order valence-electron chi connectivity index (χ0n) is 23.8. The summed E-state index contributed by atoms with van der Waals surface area (Å²) in [6.45, 7) is 13.2. The molecule has 6 nitrogen and oxygen atoms in total. The second-order valence-corrected chi connectivity index (χ2v) is 11.7. The van der Waals surface area contributed by atoms with Crippen LogP contribution in [0.4, 0.5) is 0 Å². The monoisotopic (exact) mass is 515 g/mol. The number of fused-ring (bicyclic) bond motifs is 1. The fourth-order valence-corrected chi connectivity index (χ4v) is 6.56. The highest BCUT2D eigenvalue weighted by Gasteiger charge is 2.29. The number of nitrogens with zero attached hydrogens (tertiary/aromatic N) is 4. The van der Waals surface area contributed by atoms with Gasteiger partial charge in [-0.2, -0.15) is 0 Å². The van der Waals surface area contributed by atoms with Crippen LogP contribution in [0.3, 0.4) is 0 Å². The molecule has 2 saturated heterocycles. The number of carbonyl (C=O) groups is 1. The highest BCUT2D eigenvalue weighted by atomic mass is 16.2. The van der Waals surface area contributed by atoms with Crippen LogP contribution in [0, 0.1) is 13.8 Å². The number of aryl methyl sites for hydroxylation is 2. The molecule has 3 aromatic rings. The van der Waals surface area contributed by atoms with E-state index in [4.69, 9.17) is 0 Å². The lowest BCUT2D eigenvalue weighted by atomic mass is 9.84. The first-order valence-electron chi connectivity index (χ1n) is 14.4. The maximum atomic E-state index is 13.8. The number of aromatic amines is 1. The normalized spacial score (nSPS) is 18.1. The lowest BCUT2D eigenvalue weighted by Crippen LogP contribution is -2.49. The molecule has 3 heterocycles. The van der Waals surface area contributed by atoms with Crippen molar-refractivity contribution in [3.05, 3.63) is 70.4 Å². The molecule has 38 heavy (non-hydrogen) atoms. The number of nitrogens with one attached hydrogen (secondary N) is 1. The zero-order chi connectivity index (χ0) is 26.6. The average molecular weight is 516 g/mol. The molecule has 204 valence electrons. The van der Waals surface area contributed by atoms with Crippen LogP contribution in [0.2, 0.25) is 0 Å². The predicted octanol–water partition coefficient (Wildman–Crippen LogP) is 4.87. The number of carbonyl (C=O) groups excluding carboxylic acids is 1. The number of amides is 1. The molecule has 5 rings (SSSR count). The Labute approximate surface area is 228 Å². The Hall–Kier alpha value is -2.67. The molecule has 0 aliphatic carbocycles. The quantitative estimate of drug-likeness (QED) is 0.465. The van der Waals surface area contributed by atoms with Gasteiger partial charge in [0.25, 0.3) is 5.91 Å². The molecule has 0 bridgehead atoms. The van der Waals surface area contributed by atoms with Crippen LogP contribution in [-0.4, -0.2) is 96.9 Å². The number of likely N-dealkylation sites (tertiary alicyclic amines) is 1. The van der Waals surface area contributed by atoms with Crippen molar-refractivity contribution in [3.8, 4) is 0 Å². The molecule has 6 heteroatoms. The van der Waals surface area contributed by atoms with Crippen molar-refractivity contribution in [2.75, 3.05) is 66.5 Å². The largest absolute Gasteiger partial charge is 0.350 e. The highest BCUT2D eigenvalue weighted by molar-refractivity contribution is 6.01. The number of piperazine rings is 1. The summed E-state index contributed by atoms with van der Waals surface area (Å²) in [7, 11) is 4.25. The summed E-state index contributed by atoms with van der Waals surface area (Å²) >= 11 is 0. The number of H-pyrrole nitrogens is 1. The van der Waals surface area contributed by atoms with Gasteiger partial charge in [-0.15, -0.1) is 0 Å². The maximum absolute atomic E-state index is 13.8. The third-order valence-electron chi connectivity index (χ3n) is 8.69. The molecule has 2 fully saturated rings. The first-order valence-corrected chi connectivity index (χ1v) is 14.4. The Kier molecular flexibility index (Phi) is 8.51. The van der Waals surface area contributed by atoms with E-state index in [0.29, 0.717) is 5.92 Å². The van der Waals surface area contributed by atoms with E-state index in [1.54, 1.807) is 5.56 Å². The van der Waals surface area contributed by atoms with Gasteiger partial charge in [-0.05, 0) is 102 Å². The van der Waals surface area contributed by atoms with Crippen molar-refractivity contribution >= 4 is 16.8 Å². The first-order chi connectivity index (χ1) is 18.4. The van der Waals surface area contributed by atoms with Crippen LogP contribution in [0.25, 0.3) is 10.9 Å². The number of aromatic nitrogens is 1. The number of hydrogen-bond donors (Lipinski definition) is 1. The minimum atomic E-state index is 0.162. The van der Waals surface area contributed by atoms with Crippen LogP contribution < -0.4 is 0 Å². The summed E-state index contributed by atoms with van der Waals surface area (Å²) < 4.78 is 0. The number of benzene rings is 2. The van der Waals surface area contributed by atoms with E-state index < -0.39 is 0 Å². The Balaban J connectivity index is 1.26. The number of hydrogen-bond acceptors (Lipinski definition) is 4. The Morgan fingerprint density at radius 1 is 0.895 bits per heavy atom. The molecule has 2 aliphatic rings. The van der Waals surface area contributed by atoms with Gasteiger partial charge >= 0.3 is 0 Å². The standard InChI is InChI=1S/C32H45N5O/c1-24-9-7-10-25(2)30(24)26-13-17-36(18-14-26)23-28-27-11-5-6-12-29(27)33-31(28)32(38)37-21-19-35(20-22-37)16-8-15-34(3)4/h5-7,9-12,26,33H,8,13-23H2,1-4H3. The van der Waals surface area contributed by atoms with E-state index in [0.717, 1.165) is 70.1 Å². The molecule has 0 radical (unpaired) electrons. The first kappa shape index (κ1) is 26.9. The van der Waals surface area contributed by atoms with Gasteiger partial charge in [-0.3, -0.25) is 14.6 Å². The van der Waals surface area contributed by atoms with E-state index in [2.05, 4.69) is 95.0 Å². The van der Waals surface area contributed by atoms with Crippen LogP contribution in [0.1, 0.15) is 57.9 Å². The molecule has 1 N–H and O–H groups in total. The lowest BCUT2D eigenvalue weighted by molar-refractivity contribution is 0.0626. The van der Waals surface area contributed by atoms with Crippen LogP contribution >= 0.6 is 0 Å². The van der Waals surface area contributed by atoms with Gasteiger partial charge in [-0.1, -0.05) is 36.4 Å². The smallest absolute Gasteiger partial charge is 0.270 e. The molecular weight excluding hydrogens is 470 g/mol. The van der Waals surface area contributed by atoms with Crippen LogP contribution in [0.15, 0.2) is 42.5 Å². The molecule has 2 aromatic carbocycles. The van der Waals surface area contributed by atoms with Gasteiger partial charge in [-0.25, -0.2) is 0 Å². The number of rotatable bonds is 8. The van der Waals surface area contributed by atoms with E-state index in [-0.39, 0.29) is 5.91 Å². The maximum Gasteiger partial charge on any atom is 0.270 e. The molecule has 0 unspecified atom stereocenters. The minimum absolute atomic E-state index is 0.162. The average Bonchev–Trinajstić information content (AvgIpc) is 3.27. The van der Waals surface area contributed by atoms with Crippen molar-refractivity contribution in [3.63, 3.8) is 0 Å². The molecule has 1 amide bonds. The van der Waals surface area contributed by atoms with Gasteiger partial charge < -0.3 is 14.8 Å². The second kappa shape index (κ2) is 12.0. The third-order valence-corrected chi connectivity index (χ3v) is 8.69. The van der Waals surface area contributed by atoms with Gasteiger partial charge in [0.2, 0.25) is 0 Å². The molecule has 2 aliphatic heterocycles. The van der Waals surface area contributed by atoms with Crippen LogP contribution in [-0.2, 0) is 6.54 Å². The van der Waals surface area contributed by atoms with Crippen molar-refractivity contribution in [1.29, 1.82) is 0 Å². The summed E-state index contributed by atoms with van der Waals surface area (Å²) in [5.74, 6) is 0.792. The molecular formula is C32H45N5O. The van der Waals surface area contributed by atoms with Gasteiger partial charge in [0.15, 0.2) is 0 Å². The minimum Gasteiger partial charge on any atom is -0.350 e. The SMILES string of the molecule is Cc1cccc(C)c1C1CCN(Cc2c(C(=O)N3CCN(CCCN(C)C)CC3)[nH]c3ccccc23)CC1. The summed E-state index contributed by atoms with van der Waals surface area (Å²) in [6, 6.07) is 15.1. The van der Waals surface area contributed by atoms with Crippen molar-refractivity contribution < 1.29 is 4.79 Å². The van der Waals surface area contributed by atoms with Crippen molar-refractivity contribution in [2.24, 2.45) is 0 Å². The summed E-state index contributed by atoms with van der Waals surface area (Å²) in [5, 5.41) is 1.19. The Morgan fingerprint density at radius 2 is 1.58 bits per heavy atom. The van der Waals surface area contributed by atoms with Crippen LogP contribution in [0.5, 0.6) is 0 Å². The third kappa shape index (κ3) is 5.98. The molecule has 1 aromatic heterocycles. The number of para-hydroxylation sites is 1.